The van der Waals surface area contributed by atoms with E-state index < -0.39 is 0 Å². The predicted octanol–water partition coefficient (Wildman–Crippen LogP) is 1.59. The van der Waals surface area contributed by atoms with Crippen LogP contribution < -0.4 is 17.2 Å². The molecule has 0 saturated heterocycles. The van der Waals surface area contributed by atoms with Gasteiger partial charge in [-0.3, -0.25) is 0 Å². The Morgan fingerprint density at radius 2 is 1.62 bits per heavy atom. The number of nitrogens with two attached hydrogens (primary N) is 3. The maximum absolute atomic E-state index is 5.80. The summed E-state index contributed by atoms with van der Waals surface area (Å²) in [5.41, 5.74) is 19.1. The van der Waals surface area contributed by atoms with Gasteiger partial charge in [-0.1, -0.05) is 12.1 Å². The van der Waals surface area contributed by atoms with E-state index in [1.165, 1.54) is 0 Å². The van der Waals surface area contributed by atoms with E-state index in [1.807, 2.05) is 24.3 Å². The molecule has 0 atom stereocenters. The Labute approximate surface area is 76.1 Å². The highest BCUT2D eigenvalue weighted by Crippen LogP contribution is 2.27. The van der Waals surface area contributed by atoms with Gasteiger partial charge in [0.05, 0.1) is 11.4 Å². The Balaban J connectivity index is 2.87. The van der Waals surface area contributed by atoms with Crippen molar-refractivity contribution in [2.45, 2.75) is 0 Å². The molecular formula is C10H11N3. The first kappa shape index (κ1) is 7.73. The van der Waals surface area contributed by atoms with Crippen molar-refractivity contribution in [2.75, 3.05) is 17.2 Å². The molecule has 0 fully saturated rings. The van der Waals surface area contributed by atoms with Crippen molar-refractivity contribution in [2.24, 2.45) is 0 Å². The second-order valence-corrected chi connectivity index (χ2v) is 3.05. The molecule has 0 aromatic heterocycles. The summed E-state index contributed by atoms with van der Waals surface area (Å²) in [6.45, 7) is 0. The van der Waals surface area contributed by atoms with E-state index in [9.17, 15) is 0 Å². The van der Waals surface area contributed by atoms with Crippen molar-refractivity contribution in [1.82, 2.24) is 0 Å². The lowest BCUT2D eigenvalue weighted by atomic mass is 10.1. The maximum Gasteiger partial charge on any atom is 0.0627 e. The lowest BCUT2D eigenvalue weighted by Gasteiger charge is -2.05. The fourth-order valence-corrected chi connectivity index (χ4v) is 1.39. The molecule has 2 aromatic rings. The van der Waals surface area contributed by atoms with Crippen LogP contribution in [-0.2, 0) is 0 Å². The van der Waals surface area contributed by atoms with E-state index in [1.54, 1.807) is 6.07 Å². The van der Waals surface area contributed by atoms with Gasteiger partial charge in [-0.15, -0.1) is 0 Å². The molecule has 0 aliphatic rings. The average molecular weight is 173 g/mol. The summed E-state index contributed by atoms with van der Waals surface area (Å²) >= 11 is 0. The van der Waals surface area contributed by atoms with E-state index >= 15 is 0 Å². The van der Waals surface area contributed by atoms with Gasteiger partial charge in [0.25, 0.3) is 0 Å². The Hall–Kier alpha value is -1.90. The topological polar surface area (TPSA) is 78.1 Å². The van der Waals surface area contributed by atoms with Gasteiger partial charge in [-0.25, -0.2) is 0 Å². The summed E-state index contributed by atoms with van der Waals surface area (Å²) in [6.07, 6.45) is 0. The number of benzene rings is 2. The van der Waals surface area contributed by atoms with Gasteiger partial charge in [-0.2, -0.15) is 0 Å². The van der Waals surface area contributed by atoms with Crippen LogP contribution in [0.1, 0.15) is 0 Å². The van der Waals surface area contributed by atoms with Crippen LogP contribution in [0.15, 0.2) is 30.3 Å². The molecular weight excluding hydrogens is 162 g/mol. The van der Waals surface area contributed by atoms with Crippen LogP contribution in [0.5, 0.6) is 0 Å². The normalized spacial score (nSPS) is 10.5. The number of nitrogen functional groups attached to an aromatic ring is 3. The zero-order valence-electron chi connectivity index (χ0n) is 7.12. The minimum atomic E-state index is 0.609. The van der Waals surface area contributed by atoms with Crippen molar-refractivity contribution in [3.8, 4) is 0 Å². The first-order chi connectivity index (χ1) is 6.18. The molecule has 0 heterocycles. The monoisotopic (exact) mass is 173 g/mol. The van der Waals surface area contributed by atoms with E-state index in [-0.39, 0.29) is 0 Å². The van der Waals surface area contributed by atoms with Gasteiger partial charge in [0.2, 0.25) is 0 Å². The Kier molecular flexibility index (Phi) is 1.52. The van der Waals surface area contributed by atoms with Crippen LogP contribution in [0.2, 0.25) is 0 Å². The molecule has 0 radical (unpaired) electrons. The van der Waals surface area contributed by atoms with Crippen LogP contribution in [-0.4, -0.2) is 0 Å². The zero-order valence-corrected chi connectivity index (χ0v) is 7.12. The minimum Gasteiger partial charge on any atom is -0.399 e. The lowest BCUT2D eigenvalue weighted by molar-refractivity contribution is 1.69. The predicted molar refractivity (Wildman–Crippen MR) is 57.2 cm³/mol. The summed E-state index contributed by atoms with van der Waals surface area (Å²) in [4.78, 5) is 0. The molecule has 0 unspecified atom stereocenters. The Morgan fingerprint density at radius 1 is 0.846 bits per heavy atom. The highest BCUT2D eigenvalue weighted by molar-refractivity contribution is 5.99. The van der Waals surface area contributed by atoms with Crippen molar-refractivity contribution >= 4 is 27.8 Å². The van der Waals surface area contributed by atoms with Crippen LogP contribution in [0.4, 0.5) is 17.1 Å². The van der Waals surface area contributed by atoms with E-state index in [0.29, 0.717) is 11.4 Å². The van der Waals surface area contributed by atoms with Crippen molar-refractivity contribution in [3.63, 3.8) is 0 Å². The third-order valence-electron chi connectivity index (χ3n) is 2.12. The third-order valence-corrected chi connectivity index (χ3v) is 2.12. The first-order valence-electron chi connectivity index (χ1n) is 4.01. The molecule has 3 nitrogen and oxygen atoms in total. The van der Waals surface area contributed by atoms with Crippen molar-refractivity contribution < 1.29 is 0 Å². The fraction of sp³-hybridized carbons (Fsp3) is 0. The standard InChI is InChI=1S/C10H11N3/c11-7-2-3-8-6(5-7)1-4-9(12)10(8)13/h1-5H,11-13H2. The highest BCUT2D eigenvalue weighted by Gasteiger charge is 2.00. The van der Waals surface area contributed by atoms with Gasteiger partial charge in [0.1, 0.15) is 0 Å². The molecule has 3 heteroatoms. The molecule has 0 bridgehead atoms. The highest BCUT2D eigenvalue weighted by atomic mass is 14.7. The molecule has 13 heavy (non-hydrogen) atoms. The first-order valence-corrected chi connectivity index (χ1v) is 4.01. The summed E-state index contributed by atoms with van der Waals surface area (Å²) in [7, 11) is 0. The van der Waals surface area contributed by atoms with Crippen LogP contribution >= 0.6 is 0 Å². The number of hydrogen-bond donors (Lipinski definition) is 3. The molecule has 0 spiro atoms. The zero-order chi connectivity index (χ0) is 9.42. The Morgan fingerprint density at radius 3 is 2.38 bits per heavy atom. The quantitative estimate of drug-likeness (QED) is 0.529. The Bertz CT molecular complexity index is 463. The summed E-state index contributed by atoms with van der Waals surface area (Å²) < 4.78 is 0. The van der Waals surface area contributed by atoms with Gasteiger partial charge in [0.15, 0.2) is 0 Å². The van der Waals surface area contributed by atoms with Gasteiger partial charge in [0, 0.05) is 11.1 Å². The van der Waals surface area contributed by atoms with E-state index in [4.69, 9.17) is 17.2 Å². The number of rotatable bonds is 0. The SMILES string of the molecule is Nc1ccc2c(N)c(N)ccc2c1. The summed E-state index contributed by atoms with van der Waals surface area (Å²) in [5.74, 6) is 0. The fourth-order valence-electron chi connectivity index (χ4n) is 1.39. The van der Waals surface area contributed by atoms with Crippen molar-refractivity contribution in [3.05, 3.63) is 30.3 Å². The molecule has 0 saturated carbocycles. The third kappa shape index (κ3) is 1.14. The second kappa shape index (κ2) is 2.55. The summed E-state index contributed by atoms with van der Waals surface area (Å²) in [6, 6.07) is 9.29. The van der Waals surface area contributed by atoms with Crippen LogP contribution in [0.25, 0.3) is 10.8 Å². The largest absolute Gasteiger partial charge is 0.399 e. The molecule has 6 N–H and O–H groups in total. The molecule has 0 amide bonds. The van der Waals surface area contributed by atoms with Crippen LogP contribution in [0, 0.1) is 0 Å². The molecule has 2 rings (SSSR count). The second-order valence-electron chi connectivity index (χ2n) is 3.05. The molecule has 66 valence electrons. The number of hydrogen-bond acceptors (Lipinski definition) is 3. The van der Waals surface area contributed by atoms with E-state index in [2.05, 4.69) is 0 Å². The van der Waals surface area contributed by atoms with Gasteiger partial charge < -0.3 is 17.2 Å². The molecule has 2 aromatic carbocycles. The van der Waals surface area contributed by atoms with Gasteiger partial charge in [-0.05, 0) is 23.6 Å². The average Bonchev–Trinajstić information content (AvgIpc) is 2.12. The minimum absolute atomic E-state index is 0.609. The van der Waals surface area contributed by atoms with Gasteiger partial charge >= 0.3 is 0 Å². The van der Waals surface area contributed by atoms with E-state index in [0.717, 1.165) is 16.5 Å². The van der Waals surface area contributed by atoms with Crippen molar-refractivity contribution in [1.29, 1.82) is 0 Å². The maximum atomic E-state index is 5.80. The smallest absolute Gasteiger partial charge is 0.0627 e. The number of anilines is 3. The lowest BCUT2D eigenvalue weighted by Crippen LogP contribution is -1.95. The number of fused-ring (bicyclic) bond motifs is 1. The molecule has 0 aliphatic heterocycles. The van der Waals surface area contributed by atoms with Crippen LogP contribution in [0.3, 0.4) is 0 Å². The summed E-state index contributed by atoms with van der Waals surface area (Å²) in [5, 5.41) is 1.97. The molecule has 0 aliphatic carbocycles.